The average Bonchev–Trinajstić information content (AvgIpc) is 2.35. The van der Waals surface area contributed by atoms with Crippen molar-refractivity contribution in [3.8, 4) is 6.07 Å². The van der Waals surface area contributed by atoms with Gasteiger partial charge < -0.3 is 9.64 Å². The lowest BCUT2D eigenvalue weighted by molar-refractivity contribution is -0.135. The summed E-state index contributed by atoms with van der Waals surface area (Å²) in [4.78, 5) is 13.1. The van der Waals surface area contributed by atoms with Crippen LogP contribution in [0.4, 0.5) is 0 Å². The largest absolute Gasteiger partial charge is 0.367 e. The van der Waals surface area contributed by atoms with Crippen LogP contribution in [0.3, 0.4) is 0 Å². The van der Waals surface area contributed by atoms with Crippen LogP contribution in [-0.2, 0) is 16.1 Å². The molecule has 0 heterocycles. The number of nitriles is 1. The number of likely N-dealkylation sites (N-methyl/N-ethyl adjacent to an activating group) is 1. The van der Waals surface area contributed by atoms with Crippen LogP contribution >= 0.6 is 11.6 Å². The summed E-state index contributed by atoms with van der Waals surface area (Å²) in [6, 6.07) is 9.29. The van der Waals surface area contributed by atoms with Crippen LogP contribution < -0.4 is 0 Å². The monoisotopic (exact) mass is 266 g/mol. The van der Waals surface area contributed by atoms with Crippen molar-refractivity contribution in [1.82, 2.24) is 4.90 Å². The third-order valence-electron chi connectivity index (χ3n) is 2.37. The maximum atomic E-state index is 11.6. The van der Waals surface area contributed by atoms with Gasteiger partial charge in [-0.25, -0.2) is 0 Å². The third kappa shape index (κ3) is 5.17. The SMILES string of the molecule is CN(CCC#N)C(=O)COCc1cccc(Cl)c1. The average molecular weight is 267 g/mol. The Hall–Kier alpha value is -1.57. The molecule has 1 aromatic rings. The van der Waals surface area contributed by atoms with Gasteiger partial charge in [0, 0.05) is 18.6 Å². The predicted molar refractivity (Wildman–Crippen MR) is 69.0 cm³/mol. The molecule has 1 rings (SSSR count). The van der Waals surface area contributed by atoms with Crippen molar-refractivity contribution in [2.75, 3.05) is 20.2 Å². The summed E-state index contributed by atoms with van der Waals surface area (Å²) in [7, 11) is 1.66. The molecule has 0 aliphatic carbocycles. The van der Waals surface area contributed by atoms with Crippen molar-refractivity contribution < 1.29 is 9.53 Å². The van der Waals surface area contributed by atoms with Gasteiger partial charge in [-0.2, -0.15) is 5.26 Å². The molecule has 0 aliphatic heterocycles. The molecule has 4 nitrogen and oxygen atoms in total. The number of hydrogen-bond donors (Lipinski definition) is 0. The minimum Gasteiger partial charge on any atom is -0.367 e. The molecule has 0 spiro atoms. The number of ether oxygens (including phenoxy) is 1. The Morgan fingerprint density at radius 2 is 2.33 bits per heavy atom. The van der Waals surface area contributed by atoms with Gasteiger partial charge in [0.2, 0.25) is 5.91 Å². The van der Waals surface area contributed by atoms with Gasteiger partial charge in [0.25, 0.3) is 0 Å². The summed E-state index contributed by atoms with van der Waals surface area (Å²) in [6.07, 6.45) is 0.330. The van der Waals surface area contributed by atoms with Crippen LogP contribution in [0.15, 0.2) is 24.3 Å². The first kappa shape index (κ1) is 14.5. The third-order valence-corrected chi connectivity index (χ3v) is 2.60. The maximum Gasteiger partial charge on any atom is 0.248 e. The molecular weight excluding hydrogens is 252 g/mol. The van der Waals surface area contributed by atoms with E-state index in [9.17, 15) is 4.79 Å². The van der Waals surface area contributed by atoms with Crippen LogP contribution in [0.25, 0.3) is 0 Å². The fourth-order valence-electron chi connectivity index (χ4n) is 1.34. The van der Waals surface area contributed by atoms with Crippen LogP contribution in [0.5, 0.6) is 0 Å². The second-order valence-corrected chi connectivity index (χ2v) is 4.28. The lowest BCUT2D eigenvalue weighted by Crippen LogP contribution is -2.31. The number of hydrogen-bond acceptors (Lipinski definition) is 3. The minimum absolute atomic E-state index is 0.00837. The van der Waals surface area contributed by atoms with Gasteiger partial charge in [-0.05, 0) is 17.7 Å². The Kier molecular flexibility index (Phi) is 6.20. The molecule has 5 heteroatoms. The molecule has 0 saturated heterocycles. The van der Waals surface area contributed by atoms with E-state index < -0.39 is 0 Å². The van der Waals surface area contributed by atoms with Crippen molar-refractivity contribution in [2.45, 2.75) is 13.0 Å². The van der Waals surface area contributed by atoms with E-state index in [4.69, 9.17) is 21.6 Å². The highest BCUT2D eigenvalue weighted by atomic mass is 35.5. The summed E-state index contributed by atoms with van der Waals surface area (Å²) < 4.78 is 5.30. The maximum absolute atomic E-state index is 11.6. The molecular formula is C13H15ClN2O2. The first-order valence-electron chi connectivity index (χ1n) is 5.56. The Labute approximate surface area is 112 Å². The van der Waals surface area contributed by atoms with E-state index in [0.29, 0.717) is 24.6 Å². The smallest absolute Gasteiger partial charge is 0.248 e. The lowest BCUT2D eigenvalue weighted by atomic mass is 10.2. The molecule has 0 aromatic heterocycles. The number of rotatable bonds is 6. The normalized spacial score (nSPS) is 9.83. The number of halogens is 1. The first-order chi connectivity index (χ1) is 8.63. The van der Waals surface area contributed by atoms with Crippen molar-refractivity contribution in [2.24, 2.45) is 0 Å². The highest BCUT2D eigenvalue weighted by molar-refractivity contribution is 6.30. The topological polar surface area (TPSA) is 53.3 Å². The fraction of sp³-hybridized carbons (Fsp3) is 0.385. The van der Waals surface area contributed by atoms with Crippen LogP contribution in [0.2, 0.25) is 5.02 Å². The standard InChI is InChI=1S/C13H15ClN2O2/c1-16(7-3-6-15)13(17)10-18-9-11-4-2-5-12(14)8-11/h2,4-5,8H,3,7,9-10H2,1H3. The summed E-state index contributed by atoms with van der Waals surface area (Å²) in [6.45, 7) is 0.780. The molecule has 18 heavy (non-hydrogen) atoms. The molecule has 0 N–H and O–H groups in total. The molecule has 0 fully saturated rings. The zero-order valence-corrected chi connectivity index (χ0v) is 11.0. The second-order valence-electron chi connectivity index (χ2n) is 3.85. The Balaban J connectivity index is 2.29. The van der Waals surface area contributed by atoms with Gasteiger partial charge in [-0.15, -0.1) is 0 Å². The minimum atomic E-state index is -0.132. The number of amides is 1. The predicted octanol–water partition coefficient (Wildman–Crippen LogP) is 2.23. The van der Waals surface area contributed by atoms with E-state index in [2.05, 4.69) is 0 Å². The van der Waals surface area contributed by atoms with E-state index >= 15 is 0 Å². The van der Waals surface area contributed by atoms with Gasteiger partial charge in [-0.1, -0.05) is 23.7 Å². The highest BCUT2D eigenvalue weighted by Crippen LogP contribution is 2.11. The summed E-state index contributed by atoms with van der Waals surface area (Å²) in [5, 5.41) is 9.06. The lowest BCUT2D eigenvalue weighted by Gasteiger charge is -2.15. The number of carbonyl (C=O) groups excluding carboxylic acids is 1. The van der Waals surface area contributed by atoms with Crippen molar-refractivity contribution in [1.29, 1.82) is 5.26 Å². The van der Waals surface area contributed by atoms with Crippen LogP contribution in [0, 0.1) is 11.3 Å². The molecule has 1 aromatic carbocycles. The molecule has 0 aliphatic rings. The zero-order chi connectivity index (χ0) is 13.4. The van der Waals surface area contributed by atoms with Gasteiger partial charge in [0.05, 0.1) is 19.1 Å². The highest BCUT2D eigenvalue weighted by Gasteiger charge is 2.08. The first-order valence-corrected chi connectivity index (χ1v) is 5.94. The van der Waals surface area contributed by atoms with E-state index in [1.165, 1.54) is 4.90 Å². The van der Waals surface area contributed by atoms with Crippen molar-refractivity contribution in [3.05, 3.63) is 34.9 Å². The van der Waals surface area contributed by atoms with E-state index in [0.717, 1.165) is 5.56 Å². The molecule has 0 radical (unpaired) electrons. The van der Waals surface area contributed by atoms with E-state index in [1.54, 1.807) is 19.2 Å². The molecule has 0 unspecified atom stereocenters. The number of benzene rings is 1. The van der Waals surface area contributed by atoms with Gasteiger partial charge in [-0.3, -0.25) is 4.79 Å². The Morgan fingerprint density at radius 3 is 3.00 bits per heavy atom. The summed E-state index contributed by atoms with van der Waals surface area (Å²) in [5.41, 5.74) is 0.926. The molecule has 0 bridgehead atoms. The molecule has 96 valence electrons. The van der Waals surface area contributed by atoms with Crippen LogP contribution in [0.1, 0.15) is 12.0 Å². The van der Waals surface area contributed by atoms with E-state index in [1.807, 2.05) is 18.2 Å². The number of carbonyl (C=O) groups is 1. The van der Waals surface area contributed by atoms with Crippen molar-refractivity contribution in [3.63, 3.8) is 0 Å². The fourth-order valence-corrected chi connectivity index (χ4v) is 1.55. The Bertz CT molecular complexity index is 443. The van der Waals surface area contributed by atoms with Crippen molar-refractivity contribution >= 4 is 17.5 Å². The second kappa shape index (κ2) is 7.70. The quantitative estimate of drug-likeness (QED) is 0.793. The van der Waals surface area contributed by atoms with Gasteiger partial charge in [0.1, 0.15) is 6.61 Å². The summed E-state index contributed by atoms with van der Waals surface area (Å²) >= 11 is 5.83. The van der Waals surface area contributed by atoms with E-state index in [-0.39, 0.29) is 12.5 Å². The summed E-state index contributed by atoms with van der Waals surface area (Å²) in [5.74, 6) is -0.132. The molecule has 1 amide bonds. The Morgan fingerprint density at radius 1 is 1.56 bits per heavy atom. The molecule has 0 saturated carbocycles. The van der Waals surface area contributed by atoms with Gasteiger partial charge in [0.15, 0.2) is 0 Å². The zero-order valence-electron chi connectivity index (χ0n) is 10.2. The van der Waals surface area contributed by atoms with Gasteiger partial charge >= 0.3 is 0 Å². The van der Waals surface area contributed by atoms with Crippen LogP contribution in [-0.4, -0.2) is 31.0 Å². The number of nitrogens with zero attached hydrogens (tertiary/aromatic N) is 2. The molecule has 0 atom stereocenters.